The van der Waals surface area contributed by atoms with Crippen molar-refractivity contribution in [2.24, 2.45) is 0 Å². The second-order valence-electron chi connectivity index (χ2n) is 8.53. The van der Waals surface area contributed by atoms with Gasteiger partial charge in [0.05, 0.1) is 31.6 Å². The molecule has 8 heteroatoms. The molecule has 5 rings (SSSR count). The van der Waals surface area contributed by atoms with E-state index in [1.807, 2.05) is 37.3 Å². The first kappa shape index (κ1) is 23.0. The summed E-state index contributed by atoms with van der Waals surface area (Å²) < 4.78 is 6.50. The molecule has 0 aliphatic carbocycles. The molecule has 1 aliphatic heterocycles. The van der Waals surface area contributed by atoms with Gasteiger partial charge in [0, 0.05) is 16.7 Å². The average Bonchev–Trinajstić information content (AvgIpc) is 3.50. The van der Waals surface area contributed by atoms with Gasteiger partial charge in [0.25, 0.3) is 11.8 Å². The summed E-state index contributed by atoms with van der Waals surface area (Å²) in [7, 11) is 1.57. The third kappa shape index (κ3) is 4.13. The number of carbonyl (C=O) groups is 3. The molecule has 1 aliphatic rings. The first-order valence-corrected chi connectivity index (χ1v) is 11.4. The van der Waals surface area contributed by atoms with Gasteiger partial charge < -0.3 is 9.64 Å². The first-order valence-electron chi connectivity index (χ1n) is 11.4. The molecule has 0 atom stereocenters. The molecule has 2 amide bonds. The average molecular weight is 481 g/mol. The summed E-state index contributed by atoms with van der Waals surface area (Å²) in [4.78, 5) is 42.0. The third-order valence-electron chi connectivity index (χ3n) is 6.24. The second kappa shape index (κ2) is 9.50. The fraction of sp³-hybridized carbons (Fsp3) is 0.143. The zero-order valence-electron chi connectivity index (χ0n) is 19.9. The third-order valence-corrected chi connectivity index (χ3v) is 6.24. The summed E-state index contributed by atoms with van der Waals surface area (Å²) in [6.07, 6.45) is 0.679. The summed E-state index contributed by atoms with van der Waals surface area (Å²) in [5.41, 5.74) is 3.88. The maximum absolute atomic E-state index is 13.4. The van der Waals surface area contributed by atoms with Crippen LogP contribution >= 0.6 is 0 Å². The number of benzene rings is 3. The molecule has 8 nitrogen and oxygen atoms in total. The van der Waals surface area contributed by atoms with Crippen molar-refractivity contribution in [3.8, 4) is 5.75 Å². The number of rotatable bonds is 6. The van der Waals surface area contributed by atoms with Crippen LogP contribution in [0, 0.1) is 6.92 Å². The lowest BCUT2D eigenvalue weighted by molar-refractivity contribution is -0.106. The Bertz CT molecular complexity index is 1430. The summed E-state index contributed by atoms with van der Waals surface area (Å²) in [6.45, 7) is 2.36. The number of aromatic nitrogens is 2. The van der Waals surface area contributed by atoms with Crippen LogP contribution in [0.4, 0.5) is 11.5 Å². The van der Waals surface area contributed by atoms with E-state index in [0.717, 1.165) is 5.56 Å². The van der Waals surface area contributed by atoms with Crippen LogP contribution in [0.25, 0.3) is 0 Å². The molecule has 0 saturated carbocycles. The normalized spacial score (nSPS) is 12.2. The van der Waals surface area contributed by atoms with E-state index >= 15 is 0 Å². The van der Waals surface area contributed by atoms with E-state index in [2.05, 4.69) is 5.10 Å². The Kier molecular flexibility index (Phi) is 6.08. The Hall–Kier alpha value is -4.72. The Morgan fingerprint density at radius 1 is 0.889 bits per heavy atom. The molecule has 0 radical (unpaired) electrons. The van der Waals surface area contributed by atoms with Gasteiger partial charge in [-0.1, -0.05) is 35.9 Å². The van der Waals surface area contributed by atoms with Crippen LogP contribution < -0.4 is 9.64 Å². The maximum atomic E-state index is 13.4. The molecule has 36 heavy (non-hydrogen) atoms. The predicted octanol–water partition coefficient (Wildman–Crippen LogP) is 4.34. The molecular formula is C28H24N4O4. The summed E-state index contributed by atoms with van der Waals surface area (Å²) in [6, 6.07) is 23.1. The van der Waals surface area contributed by atoms with Crippen molar-refractivity contribution in [3.63, 3.8) is 0 Å². The quantitative estimate of drug-likeness (QED) is 0.384. The molecular weight excluding hydrogens is 456 g/mol. The minimum atomic E-state index is -0.327. The van der Waals surface area contributed by atoms with Crippen LogP contribution in [-0.2, 0) is 17.9 Å². The molecule has 0 bridgehead atoms. The molecule has 2 heterocycles. The van der Waals surface area contributed by atoms with Crippen LogP contribution in [0.15, 0.2) is 78.9 Å². The highest BCUT2D eigenvalue weighted by atomic mass is 16.5. The highest BCUT2D eigenvalue weighted by Gasteiger charge is 2.35. The van der Waals surface area contributed by atoms with Gasteiger partial charge in [0.2, 0.25) is 6.41 Å². The van der Waals surface area contributed by atoms with Gasteiger partial charge in [0.15, 0.2) is 5.82 Å². The molecule has 0 unspecified atom stereocenters. The minimum Gasteiger partial charge on any atom is -0.497 e. The molecule has 0 spiro atoms. The van der Waals surface area contributed by atoms with Crippen molar-refractivity contribution in [3.05, 3.63) is 107 Å². The number of hydrogen-bond donors (Lipinski definition) is 0. The highest BCUT2D eigenvalue weighted by molar-refractivity contribution is 5.98. The van der Waals surface area contributed by atoms with Gasteiger partial charge >= 0.3 is 0 Å². The zero-order valence-corrected chi connectivity index (χ0v) is 19.9. The largest absolute Gasteiger partial charge is 0.497 e. The molecule has 0 N–H and O–H groups in total. The zero-order chi connectivity index (χ0) is 25.2. The number of ether oxygens (including phenoxy) is 1. The lowest BCUT2D eigenvalue weighted by Crippen LogP contribution is -2.28. The van der Waals surface area contributed by atoms with Crippen LogP contribution in [0.2, 0.25) is 0 Å². The Balaban J connectivity index is 1.55. The fourth-order valence-electron chi connectivity index (χ4n) is 4.29. The van der Waals surface area contributed by atoms with Gasteiger partial charge in [-0.05, 0) is 55.5 Å². The number of hydrogen-bond acceptors (Lipinski definition) is 5. The lowest BCUT2D eigenvalue weighted by Gasteiger charge is -2.19. The molecule has 4 aromatic rings. The van der Waals surface area contributed by atoms with E-state index in [1.54, 1.807) is 60.5 Å². The van der Waals surface area contributed by atoms with Crippen molar-refractivity contribution >= 4 is 29.7 Å². The number of nitrogens with zero attached hydrogens (tertiary/aromatic N) is 4. The van der Waals surface area contributed by atoms with Gasteiger partial charge in [-0.15, -0.1) is 5.10 Å². The number of carbonyl (C=O) groups excluding carboxylic acids is 3. The Morgan fingerprint density at radius 2 is 1.56 bits per heavy atom. The van der Waals surface area contributed by atoms with Crippen LogP contribution in [0.5, 0.6) is 5.75 Å². The van der Waals surface area contributed by atoms with Crippen molar-refractivity contribution in [1.29, 1.82) is 0 Å². The smallest absolute Gasteiger partial charge is 0.278 e. The summed E-state index contributed by atoms with van der Waals surface area (Å²) in [5, 5.41) is 4.57. The number of anilines is 2. The van der Waals surface area contributed by atoms with E-state index in [4.69, 9.17) is 4.74 Å². The monoisotopic (exact) mass is 480 g/mol. The molecule has 1 aromatic heterocycles. The lowest BCUT2D eigenvalue weighted by atomic mass is 10.2. The summed E-state index contributed by atoms with van der Waals surface area (Å²) in [5.74, 6) is 0.471. The summed E-state index contributed by atoms with van der Waals surface area (Å²) >= 11 is 0. The standard InChI is InChI=1S/C28H24N4O4/c1-19-8-12-22(13-9-19)31(18-33)26-24-16-30(27(34)21-10-14-23(36-2)15-11-21)17-25(24)32(29-26)28(35)20-6-4-3-5-7-20/h3-15,18H,16-17H2,1-2H3. The van der Waals surface area contributed by atoms with Gasteiger partial charge in [-0.3, -0.25) is 19.3 Å². The predicted molar refractivity (Wildman–Crippen MR) is 134 cm³/mol. The van der Waals surface area contributed by atoms with Crippen molar-refractivity contribution in [1.82, 2.24) is 14.7 Å². The van der Waals surface area contributed by atoms with Gasteiger partial charge in [0.1, 0.15) is 5.75 Å². The minimum absolute atomic E-state index is 0.187. The number of fused-ring (bicyclic) bond motifs is 1. The molecule has 180 valence electrons. The van der Waals surface area contributed by atoms with Crippen LogP contribution in [-0.4, -0.2) is 40.0 Å². The highest BCUT2D eigenvalue weighted by Crippen LogP contribution is 2.35. The number of aryl methyl sites for hydroxylation is 1. The first-order chi connectivity index (χ1) is 17.5. The van der Waals surface area contributed by atoms with E-state index in [-0.39, 0.29) is 24.9 Å². The number of amides is 2. The van der Waals surface area contributed by atoms with E-state index in [0.29, 0.717) is 46.0 Å². The van der Waals surface area contributed by atoms with Gasteiger partial charge in [-0.2, -0.15) is 4.68 Å². The second-order valence-corrected chi connectivity index (χ2v) is 8.53. The Labute approximate surface area is 208 Å². The van der Waals surface area contributed by atoms with E-state index in [1.165, 1.54) is 9.58 Å². The Morgan fingerprint density at radius 3 is 2.19 bits per heavy atom. The number of methoxy groups -OCH3 is 1. The van der Waals surface area contributed by atoms with Crippen molar-refractivity contribution in [2.45, 2.75) is 20.0 Å². The molecule has 3 aromatic carbocycles. The fourth-order valence-corrected chi connectivity index (χ4v) is 4.29. The van der Waals surface area contributed by atoms with Crippen molar-refractivity contribution in [2.75, 3.05) is 12.0 Å². The molecule has 0 fully saturated rings. The van der Waals surface area contributed by atoms with Crippen LogP contribution in [0.1, 0.15) is 37.5 Å². The van der Waals surface area contributed by atoms with E-state index < -0.39 is 0 Å². The van der Waals surface area contributed by atoms with Crippen molar-refractivity contribution < 1.29 is 19.1 Å². The van der Waals surface area contributed by atoms with Gasteiger partial charge in [-0.25, -0.2) is 0 Å². The topological polar surface area (TPSA) is 84.7 Å². The molecule has 0 saturated heterocycles. The van der Waals surface area contributed by atoms with Crippen LogP contribution in [0.3, 0.4) is 0 Å². The maximum Gasteiger partial charge on any atom is 0.278 e. The van der Waals surface area contributed by atoms with E-state index in [9.17, 15) is 14.4 Å². The SMILES string of the molecule is COc1ccc(C(=O)N2Cc3c(N(C=O)c4ccc(C)cc4)nn(C(=O)c4ccccc4)c3C2)cc1.